The van der Waals surface area contributed by atoms with Gasteiger partial charge >= 0.3 is 0 Å². The molecular weight excluding hydrogens is 291 g/mol. The van der Waals surface area contributed by atoms with E-state index in [0.29, 0.717) is 22.5 Å². The number of amides is 1. The van der Waals surface area contributed by atoms with Gasteiger partial charge in [-0.25, -0.2) is 4.39 Å². The Morgan fingerprint density at radius 3 is 2.70 bits per heavy atom. The summed E-state index contributed by atoms with van der Waals surface area (Å²) in [6.07, 6.45) is 1.73. The van der Waals surface area contributed by atoms with Gasteiger partial charge in [-0.3, -0.25) is 4.79 Å². The van der Waals surface area contributed by atoms with Crippen LogP contribution in [0.15, 0.2) is 54.6 Å². The fourth-order valence-electron chi connectivity index (χ4n) is 2.94. The molecule has 1 heterocycles. The van der Waals surface area contributed by atoms with Crippen molar-refractivity contribution >= 4 is 28.9 Å². The normalized spacial score (nSPS) is 15.0. The van der Waals surface area contributed by atoms with E-state index in [9.17, 15) is 9.18 Å². The zero-order chi connectivity index (χ0) is 16.0. The number of hydrogen-bond acceptors (Lipinski definition) is 2. The Bertz CT molecular complexity index is 946. The molecule has 3 aliphatic rings. The van der Waals surface area contributed by atoms with Gasteiger partial charge in [0.2, 0.25) is 0 Å². The first-order chi connectivity index (χ1) is 11.1. The average Bonchev–Trinajstić information content (AvgIpc) is 2.86. The number of fused-ring (bicyclic) bond motifs is 2. The number of nitrogens with two attached hydrogens (primary N) is 1. The number of carbonyl (C=O) groups excluding carboxylic acids is 1. The number of nitrogen functional groups attached to an aromatic ring is 1. The number of anilines is 2. The molecule has 4 heteroatoms. The maximum atomic E-state index is 13.5. The largest absolute Gasteiger partial charge is 0.398 e. The van der Waals surface area contributed by atoms with Crippen LogP contribution in [0, 0.1) is 5.82 Å². The Balaban J connectivity index is 1.92. The Hall–Kier alpha value is -3.14. The minimum Gasteiger partial charge on any atom is -0.398 e. The van der Waals surface area contributed by atoms with Gasteiger partial charge < -0.3 is 11.1 Å². The van der Waals surface area contributed by atoms with Crippen LogP contribution in [0.1, 0.15) is 11.1 Å². The van der Waals surface area contributed by atoms with Crippen molar-refractivity contribution in [2.24, 2.45) is 0 Å². The first-order valence-electron chi connectivity index (χ1n) is 7.24. The van der Waals surface area contributed by atoms with Crippen LogP contribution in [0.4, 0.5) is 15.8 Å². The zero-order valence-corrected chi connectivity index (χ0v) is 12.1. The molecule has 1 aromatic carbocycles. The van der Waals surface area contributed by atoms with E-state index in [2.05, 4.69) is 5.32 Å². The van der Waals surface area contributed by atoms with Gasteiger partial charge in [-0.1, -0.05) is 30.3 Å². The van der Waals surface area contributed by atoms with Crippen molar-refractivity contribution in [3.8, 4) is 11.1 Å². The van der Waals surface area contributed by atoms with E-state index in [1.165, 1.54) is 12.1 Å². The second kappa shape index (κ2) is 4.95. The molecule has 0 unspecified atom stereocenters. The fourth-order valence-corrected chi connectivity index (χ4v) is 2.94. The van der Waals surface area contributed by atoms with Crippen molar-refractivity contribution in [2.75, 3.05) is 11.1 Å². The van der Waals surface area contributed by atoms with Gasteiger partial charge in [0.25, 0.3) is 5.91 Å². The van der Waals surface area contributed by atoms with E-state index in [1.807, 2.05) is 36.4 Å². The van der Waals surface area contributed by atoms with E-state index < -0.39 is 0 Å². The Labute approximate surface area is 132 Å². The molecule has 0 fully saturated rings. The van der Waals surface area contributed by atoms with Crippen molar-refractivity contribution in [1.29, 1.82) is 0 Å². The lowest BCUT2D eigenvalue weighted by Crippen LogP contribution is -2.03. The lowest BCUT2D eigenvalue weighted by Gasteiger charge is -2.01. The Morgan fingerprint density at radius 1 is 1.00 bits per heavy atom. The minimum absolute atomic E-state index is 0.250. The maximum absolute atomic E-state index is 13.5. The molecular formula is C19H13FN2O. The zero-order valence-electron chi connectivity index (χ0n) is 12.1. The molecule has 0 saturated heterocycles. The second-order valence-electron chi connectivity index (χ2n) is 5.50. The van der Waals surface area contributed by atoms with Crippen LogP contribution in [-0.2, 0) is 4.79 Å². The van der Waals surface area contributed by atoms with E-state index >= 15 is 0 Å². The minimum atomic E-state index is -0.377. The van der Waals surface area contributed by atoms with Crippen molar-refractivity contribution in [3.05, 3.63) is 71.5 Å². The van der Waals surface area contributed by atoms with Crippen LogP contribution in [0.25, 0.3) is 22.8 Å². The highest BCUT2D eigenvalue weighted by Gasteiger charge is 2.25. The molecule has 1 aromatic rings. The molecule has 0 bridgehead atoms. The lowest BCUT2D eigenvalue weighted by molar-refractivity contribution is -0.110. The molecule has 0 saturated carbocycles. The number of rotatable bonds is 1. The van der Waals surface area contributed by atoms with Crippen molar-refractivity contribution in [2.45, 2.75) is 0 Å². The van der Waals surface area contributed by atoms with Crippen LogP contribution in [0.2, 0.25) is 0 Å². The highest BCUT2D eigenvalue weighted by molar-refractivity contribution is 6.35. The summed E-state index contributed by atoms with van der Waals surface area (Å²) in [5.41, 5.74) is 11.0. The van der Waals surface area contributed by atoms with Crippen LogP contribution in [0.5, 0.6) is 0 Å². The average molecular weight is 304 g/mol. The molecule has 0 radical (unpaired) electrons. The summed E-state index contributed by atoms with van der Waals surface area (Å²) in [5.74, 6) is -0.627. The van der Waals surface area contributed by atoms with Crippen molar-refractivity contribution < 1.29 is 9.18 Å². The topological polar surface area (TPSA) is 55.1 Å². The molecule has 1 amide bonds. The molecule has 1 aliphatic heterocycles. The second-order valence-corrected chi connectivity index (χ2v) is 5.50. The summed E-state index contributed by atoms with van der Waals surface area (Å²) in [6.45, 7) is 0. The highest BCUT2D eigenvalue weighted by Crippen LogP contribution is 2.39. The van der Waals surface area contributed by atoms with Crippen LogP contribution < -0.4 is 11.1 Å². The third kappa shape index (κ3) is 2.16. The molecule has 112 valence electrons. The van der Waals surface area contributed by atoms with Gasteiger partial charge in [0, 0.05) is 28.1 Å². The molecule has 2 aliphatic carbocycles. The molecule has 0 spiro atoms. The molecule has 3 nitrogen and oxygen atoms in total. The summed E-state index contributed by atoms with van der Waals surface area (Å²) in [6, 6.07) is 15.8. The van der Waals surface area contributed by atoms with Gasteiger partial charge in [0.1, 0.15) is 5.82 Å². The number of carbonyl (C=O) groups is 1. The van der Waals surface area contributed by atoms with Crippen LogP contribution in [-0.4, -0.2) is 5.91 Å². The van der Waals surface area contributed by atoms with Gasteiger partial charge in [-0.15, -0.1) is 0 Å². The quantitative estimate of drug-likeness (QED) is 0.667. The van der Waals surface area contributed by atoms with Gasteiger partial charge in [-0.05, 0) is 41.5 Å². The first-order valence-corrected chi connectivity index (χ1v) is 7.24. The van der Waals surface area contributed by atoms with Crippen molar-refractivity contribution in [1.82, 2.24) is 0 Å². The molecule has 23 heavy (non-hydrogen) atoms. The van der Waals surface area contributed by atoms with E-state index in [-0.39, 0.29) is 11.7 Å². The van der Waals surface area contributed by atoms with Gasteiger partial charge in [0.05, 0.1) is 0 Å². The predicted molar refractivity (Wildman–Crippen MR) is 90.4 cm³/mol. The summed E-state index contributed by atoms with van der Waals surface area (Å²) in [5, 5.41) is 2.75. The van der Waals surface area contributed by atoms with E-state index in [0.717, 1.165) is 16.7 Å². The van der Waals surface area contributed by atoms with Crippen molar-refractivity contribution in [3.63, 3.8) is 0 Å². The molecule has 0 aromatic heterocycles. The van der Waals surface area contributed by atoms with E-state index in [1.54, 1.807) is 12.1 Å². The standard InChI is InChI=1S/C19H13FN2O/c20-12-6-7-18-15(9-12)16(19(23)22-18)10-14-13-5-3-1-2-4-11(13)8-17(14)21/h1-10H,21H2,(H,22,23)/b16-10+. The summed E-state index contributed by atoms with van der Waals surface area (Å²) in [7, 11) is 0. The summed E-state index contributed by atoms with van der Waals surface area (Å²) >= 11 is 0. The monoisotopic (exact) mass is 304 g/mol. The number of nitrogens with one attached hydrogen (secondary N) is 1. The third-order valence-corrected chi connectivity index (χ3v) is 4.04. The third-order valence-electron chi connectivity index (χ3n) is 4.04. The first kappa shape index (κ1) is 13.5. The molecule has 3 N–H and O–H groups in total. The summed E-state index contributed by atoms with van der Waals surface area (Å²) in [4.78, 5) is 12.2. The molecule has 4 rings (SSSR count). The highest BCUT2D eigenvalue weighted by atomic mass is 19.1. The number of hydrogen-bond donors (Lipinski definition) is 2. The Kier molecular flexibility index (Phi) is 2.91. The summed E-state index contributed by atoms with van der Waals surface area (Å²) < 4.78 is 13.5. The van der Waals surface area contributed by atoms with Gasteiger partial charge in [-0.2, -0.15) is 0 Å². The Morgan fingerprint density at radius 2 is 1.83 bits per heavy atom. The number of benzene rings is 1. The predicted octanol–water partition coefficient (Wildman–Crippen LogP) is 4.01. The SMILES string of the molecule is Nc1cc2cccccc-2c1/C=C1/C(=O)Nc2ccc(F)cc21. The van der Waals surface area contributed by atoms with Crippen LogP contribution in [0.3, 0.4) is 0 Å². The molecule has 0 atom stereocenters. The van der Waals surface area contributed by atoms with Crippen LogP contribution >= 0.6 is 0 Å². The fraction of sp³-hybridized carbons (Fsp3) is 0. The van der Waals surface area contributed by atoms with E-state index in [4.69, 9.17) is 5.73 Å². The number of halogens is 1. The smallest absolute Gasteiger partial charge is 0.256 e. The maximum Gasteiger partial charge on any atom is 0.256 e. The van der Waals surface area contributed by atoms with Gasteiger partial charge in [0.15, 0.2) is 0 Å². The lowest BCUT2D eigenvalue weighted by atomic mass is 10.0.